The maximum Gasteiger partial charge on any atom is 0.270 e. The number of amides is 1. The monoisotopic (exact) mass is 374 g/mol. The van der Waals surface area contributed by atoms with Gasteiger partial charge in [-0.15, -0.1) is 0 Å². The second-order valence-electron chi connectivity index (χ2n) is 6.61. The molecule has 3 aromatic rings. The Balaban J connectivity index is 1.37. The predicted octanol–water partition coefficient (Wildman–Crippen LogP) is 2.13. The molecular weight excluding hydrogens is 352 g/mol. The Morgan fingerprint density at radius 1 is 0.929 bits per heavy atom. The van der Waals surface area contributed by atoms with Crippen LogP contribution in [-0.2, 0) is 6.54 Å². The van der Waals surface area contributed by atoms with Crippen LogP contribution in [0.25, 0.3) is 0 Å². The van der Waals surface area contributed by atoms with Gasteiger partial charge in [0.15, 0.2) is 0 Å². The molecule has 3 aromatic heterocycles. The summed E-state index contributed by atoms with van der Waals surface area (Å²) >= 11 is 0. The average Bonchev–Trinajstić information content (AvgIpc) is 2.79. The van der Waals surface area contributed by atoms with Crippen LogP contribution in [0.1, 0.15) is 16.1 Å². The van der Waals surface area contributed by atoms with Gasteiger partial charge in [0.2, 0.25) is 0 Å². The summed E-state index contributed by atoms with van der Waals surface area (Å²) in [6.45, 7) is 3.96. The van der Waals surface area contributed by atoms with Gasteiger partial charge in [-0.05, 0) is 35.9 Å². The first-order chi connectivity index (χ1) is 13.8. The molecule has 1 fully saturated rings. The van der Waals surface area contributed by atoms with Crippen molar-refractivity contribution in [2.45, 2.75) is 6.54 Å². The number of carbonyl (C=O) groups excluding carboxylic acids is 1. The SMILES string of the molecule is O=C(NCc1cccnc1)c1cc(N2CCN(c3ccccn3)CC2)ccn1. The van der Waals surface area contributed by atoms with Crippen LogP contribution in [-0.4, -0.2) is 47.0 Å². The molecule has 7 nitrogen and oxygen atoms in total. The van der Waals surface area contributed by atoms with E-state index in [9.17, 15) is 4.79 Å². The van der Waals surface area contributed by atoms with Crippen molar-refractivity contribution in [3.05, 3.63) is 78.5 Å². The molecule has 0 radical (unpaired) electrons. The second kappa shape index (κ2) is 8.47. The maximum atomic E-state index is 12.5. The molecular formula is C21H22N6O. The molecule has 1 N–H and O–H groups in total. The van der Waals surface area contributed by atoms with Crippen LogP contribution in [0, 0.1) is 0 Å². The molecule has 0 aliphatic carbocycles. The summed E-state index contributed by atoms with van der Waals surface area (Å²) in [5.41, 5.74) is 2.40. The molecule has 142 valence electrons. The first-order valence-corrected chi connectivity index (χ1v) is 9.34. The van der Waals surface area contributed by atoms with Crippen molar-refractivity contribution < 1.29 is 4.79 Å². The van der Waals surface area contributed by atoms with Gasteiger partial charge in [-0.3, -0.25) is 14.8 Å². The van der Waals surface area contributed by atoms with Gasteiger partial charge in [0.05, 0.1) is 0 Å². The molecule has 7 heteroatoms. The van der Waals surface area contributed by atoms with Gasteiger partial charge < -0.3 is 15.1 Å². The van der Waals surface area contributed by atoms with E-state index in [0.29, 0.717) is 12.2 Å². The number of rotatable bonds is 5. The third kappa shape index (κ3) is 4.25. The molecule has 4 heterocycles. The minimum atomic E-state index is -0.183. The van der Waals surface area contributed by atoms with Crippen LogP contribution in [0.15, 0.2) is 67.3 Å². The highest BCUT2D eigenvalue weighted by atomic mass is 16.1. The zero-order valence-electron chi connectivity index (χ0n) is 15.5. The van der Waals surface area contributed by atoms with Crippen molar-refractivity contribution >= 4 is 17.4 Å². The van der Waals surface area contributed by atoms with Crippen molar-refractivity contribution in [2.75, 3.05) is 36.0 Å². The predicted molar refractivity (Wildman–Crippen MR) is 108 cm³/mol. The van der Waals surface area contributed by atoms with E-state index in [0.717, 1.165) is 43.2 Å². The number of piperazine rings is 1. The van der Waals surface area contributed by atoms with Crippen molar-refractivity contribution in [3.63, 3.8) is 0 Å². The average molecular weight is 374 g/mol. The third-order valence-corrected chi connectivity index (χ3v) is 4.77. The Labute approximate surface area is 164 Å². The van der Waals surface area contributed by atoms with E-state index in [-0.39, 0.29) is 5.91 Å². The van der Waals surface area contributed by atoms with E-state index in [1.165, 1.54) is 0 Å². The molecule has 28 heavy (non-hydrogen) atoms. The topological polar surface area (TPSA) is 74.2 Å². The van der Waals surface area contributed by atoms with E-state index in [1.807, 2.05) is 48.7 Å². The molecule has 0 unspecified atom stereocenters. The second-order valence-corrected chi connectivity index (χ2v) is 6.61. The highest BCUT2D eigenvalue weighted by Gasteiger charge is 2.19. The minimum Gasteiger partial charge on any atom is -0.368 e. The fourth-order valence-corrected chi connectivity index (χ4v) is 3.25. The van der Waals surface area contributed by atoms with Gasteiger partial charge in [0, 0.05) is 63.2 Å². The Morgan fingerprint density at radius 2 is 1.79 bits per heavy atom. The fourth-order valence-electron chi connectivity index (χ4n) is 3.25. The summed E-state index contributed by atoms with van der Waals surface area (Å²) in [4.78, 5) is 29.7. The highest BCUT2D eigenvalue weighted by Crippen LogP contribution is 2.19. The largest absolute Gasteiger partial charge is 0.368 e. The molecule has 1 aliphatic rings. The number of nitrogens with zero attached hydrogens (tertiary/aromatic N) is 5. The fraction of sp³-hybridized carbons (Fsp3) is 0.238. The van der Waals surface area contributed by atoms with Crippen molar-refractivity contribution in [1.29, 1.82) is 0 Å². The summed E-state index contributed by atoms with van der Waals surface area (Å²) in [7, 11) is 0. The molecule has 0 atom stereocenters. The lowest BCUT2D eigenvalue weighted by atomic mass is 10.2. The molecule has 4 rings (SSSR count). The summed E-state index contributed by atoms with van der Waals surface area (Å²) in [6, 6.07) is 13.6. The van der Waals surface area contributed by atoms with Gasteiger partial charge in [-0.25, -0.2) is 4.98 Å². The smallest absolute Gasteiger partial charge is 0.270 e. The number of anilines is 2. The zero-order chi connectivity index (χ0) is 19.2. The van der Waals surface area contributed by atoms with Crippen LogP contribution in [0.3, 0.4) is 0 Å². The molecule has 0 aromatic carbocycles. The molecule has 1 amide bonds. The van der Waals surface area contributed by atoms with E-state index in [1.54, 1.807) is 18.6 Å². The van der Waals surface area contributed by atoms with Crippen LogP contribution in [0.2, 0.25) is 0 Å². The van der Waals surface area contributed by atoms with E-state index >= 15 is 0 Å². The Hall–Kier alpha value is -3.48. The van der Waals surface area contributed by atoms with Gasteiger partial charge in [0.1, 0.15) is 11.5 Å². The Bertz CT molecular complexity index is 910. The number of pyridine rings is 3. The maximum absolute atomic E-state index is 12.5. The number of carbonyl (C=O) groups is 1. The van der Waals surface area contributed by atoms with Gasteiger partial charge in [0.25, 0.3) is 5.91 Å². The molecule has 0 bridgehead atoms. The summed E-state index contributed by atoms with van der Waals surface area (Å²) < 4.78 is 0. The summed E-state index contributed by atoms with van der Waals surface area (Å²) in [6.07, 6.45) is 6.97. The van der Waals surface area contributed by atoms with Crippen molar-refractivity contribution in [2.24, 2.45) is 0 Å². The van der Waals surface area contributed by atoms with Crippen LogP contribution < -0.4 is 15.1 Å². The molecule has 1 saturated heterocycles. The first-order valence-electron chi connectivity index (χ1n) is 9.34. The Kier molecular flexibility index (Phi) is 5.42. The van der Waals surface area contributed by atoms with Crippen LogP contribution in [0.4, 0.5) is 11.5 Å². The quantitative estimate of drug-likeness (QED) is 0.737. The van der Waals surface area contributed by atoms with Crippen molar-refractivity contribution in [1.82, 2.24) is 20.3 Å². The van der Waals surface area contributed by atoms with E-state index in [2.05, 4.69) is 30.1 Å². The van der Waals surface area contributed by atoms with Gasteiger partial charge >= 0.3 is 0 Å². The number of hydrogen-bond donors (Lipinski definition) is 1. The van der Waals surface area contributed by atoms with E-state index < -0.39 is 0 Å². The normalized spacial score (nSPS) is 14.0. The van der Waals surface area contributed by atoms with Crippen molar-refractivity contribution in [3.8, 4) is 0 Å². The third-order valence-electron chi connectivity index (χ3n) is 4.77. The zero-order valence-corrected chi connectivity index (χ0v) is 15.5. The Morgan fingerprint density at radius 3 is 2.54 bits per heavy atom. The lowest BCUT2D eigenvalue weighted by molar-refractivity contribution is 0.0946. The summed E-state index contributed by atoms with van der Waals surface area (Å²) in [5.74, 6) is 0.824. The lowest BCUT2D eigenvalue weighted by Crippen LogP contribution is -2.46. The van der Waals surface area contributed by atoms with Crippen LogP contribution in [0.5, 0.6) is 0 Å². The molecule has 1 aliphatic heterocycles. The van der Waals surface area contributed by atoms with Gasteiger partial charge in [-0.2, -0.15) is 0 Å². The molecule has 0 saturated carbocycles. The standard InChI is InChI=1S/C21H22N6O/c28-21(25-16-17-4-3-7-22-15-17)19-14-18(6-9-23-19)26-10-12-27(13-11-26)20-5-1-2-8-24-20/h1-9,14-15H,10-13,16H2,(H,25,28). The highest BCUT2D eigenvalue weighted by molar-refractivity contribution is 5.93. The van der Waals surface area contributed by atoms with Crippen LogP contribution >= 0.6 is 0 Å². The minimum absolute atomic E-state index is 0.183. The summed E-state index contributed by atoms with van der Waals surface area (Å²) in [5, 5.41) is 2.90. The number of hydrogen-bond acceptors (Lipinski definition) is 6. The van der Waals surface area contributed by atoms with Gasteiger partial charge in [-0.1, -0.05) is 12.1 Å². The van der Waals surface area contributed by atoms with E-state index in [4.69, 9.17) is 0 Å². The number of aromatic nitrogens is 3. The first kappa shape index (κ1) is 17.9. The lowest BCUT2D eigenvalue weighted by Gasteiger charge is -2.36. The molecule has 0 spiro atoms. The number of nitrogens with one attached hydrogen (secondary N) is 1.